The van der Waals surface area contributed by atoms with Crippen LogP contribution in [-0.2, 0) is 4.74 Å². The number of para-hydroxylation sites is 1. The van der Waals surface area contributed by atoms with E-state index in [9.17, 15) is 4.79 Å². The summed E-state index contributed by atoms with van der Waals surface area (Å²) >= 11 is 0. The van der Waals surface area contributed by atoms with Gasteiger partial charge in [-0.1, -0.05) is 18.2 Å². The maximum atomic E-state index is 12.4. The van der Waals surface area contributed by atoms with Gasteiger partial charge in [-0.3, -0.25) is 9.88 Å². The molecule has 2 unspecified atom stereocenters. The number of urea groups is 1. The molecular formula is C17H20N4O2. The second-order valence-corrected chi connectivity index (χ2v) is 6.73. The molecule has 4 rings (SSSR count). The summed E-state index contributed by atoms with van der Waals surface area (Å²) in [4.78, 5) is 16.7. The number of carbonyl (C=O) groups is 1. The molecule has 23 heavy (non-hydrogen) atoms. The highest BCUT2D eigenvalue weighted by Gasteiger charge is 2.69. The Morgan fingerprint density at radius 3 is 2.78 bits per heavy atom. The smallest absolute Gasteiger partial charge is 0.322 e. The number of carbonyl (C=O) groups excluding carboxylic acids is 1. The van der Waals surface area contributed by atoms with E-state index in [0.717, 1.165) is 12.1 Å². The van der Waals surface area contributed by atoms with Crippen molar-refractivity contribution in [2.45, 2.75) is 31.4 Å². The number of nitrogens with one attached hydrogen (secondary N) is 2. The van der Waals surface area contributed by atoms with Crippen LogP contribution in [-0.4, -0.2) is 33.3 Å². The molecule has 2 amide bonds. The lowest BCUT2D eigenvalue weighted by molar-refractivity contribution is -0.00668. The van der Waals surface area contributed by atoms with Gasteiger partial charge in [-0.05, 0) is 32.4 Å². The van der Waals surface area contributed by atoms with Crippen molar-refractivity contribution in [1.82, 2.24) is 14.9 Å². The van der Waals surface area contributed by atoms with Gasteiger partial charge >= 0.3 is 6.03 Å². The van der Waals surface area contributed by atoms with Crippen molar-refractivity contribution >= 4 is 12.0 Å². The van der Waals surface area contributed by atoms with Crippen molar-refractivity contribution in [1.29, 1.82) is 0 Å². The molecule has 1 aromatic heterocycles. The molecule has 1 saturated heterocycles. The maximum Gasteiger partial charge on any atom is 0.322 e. The molecule has 6 nitrogen and oxygen atoms in total. The van der Waals surface area contributed by atoms with E-state index in [2.05, 4.69) is 15.6 Å². The first-order chi connectivity index (χ1) is 11.0. The molecular weight excluding hydrogens is 292 g/mol. The monoisotopic (exact) mass is 312 g/mol. The molecule has 2 heterocycles. The molecule has 0 radical (unpaired) electrons. The van der Waals surface area contributed by atoms with Crippen LogP contribution < -0.4 is 10.6 Å². The van der Waals surface area contributed by atoms with E-state index < -0.39 is 0 Å². The lowest BCUT2D eigenvalue weighted by atomic mass is 9.96. The van der Waals surface area contributed by atoms with E-state index in [1.165, 1.54) is 0 Å². The van der Waals surface area contributed by atoms with Gasteiger partial charge in [-0.15, -0.1) is 0 Å². The van der Waals surface area contributed by atoms with Crippen molar-refractivity contribution < 1.29 is 9.53 Å². The number of nitrogens with zero attached hydrogens (tertiary/aromatic N) is 2. The lowest BCUT2D eigenvalue weighted by Crippen LogP contribution is -2.52. The standard InChI is InChI=1S/C17H20N4O2/c1-16(2)17(10-12(17)11-23-16)20-15(22)19-14-18-8-9-21(14)13-6-4-3-5-7-13/h3-9,12H,10-11H2,1-2H3,(H2,18,19,20,22). The summed E-state index contributed by atoms with van der Waals surface area (Å²) in [7, 11) is 0. The largest absolute Gasteiger partial charge is 0.373 e. The van der Waals surface area contributed by atoms with Gasteiger partial charge in [0.05, 0.1) is 17.7 Å². The number of rotatable bonds is 3. The van der Waals surface area contributed by atoms with Crippen LogP contribution in [0, 0.1) is 5.92 Å². The van der Waals surface area contributed by atoms with Crippen molar-refractivity contribution in [3.8, 4) is 5.69 Å². The van der Waals surface area contributed by atoms with E-state index in [1.54, 1.807) is 6.20 Å². The Bertz CT molecular complexity index is 740. The molecule has 2 fully saturated rings. The minimum Gasteiger partial charge on any atom is -0.373 e. The third kappa shape index (κ3) is 2.21. The maximum absolute atomic E-state index is 12.4. The number of hydrogen-bond donors (Lipinski definition) is 2. The minimum absolute atomic E-state index is 0.241. The third-order valence-corrected chi connectivity index (χ3v) is 5.06. The van der Waals surface area contributed by atoms with Gasteiger partial charge in [-0.25, -0.2) is 9.78 Å². The molecule has 1 aliphatic carbocycles. The quantitative estimate of drug-likeness (QED) is 0.915. The van der Waals surface area contributed by atoms with Gasteiger partial charge in [0.15, 0.2) is 0 Å². The third-order valence-electron chi connectivity index (χ3n) is 5.06. The molecule has 1 aromatic carbocycles. The van der Waals surface area contributed by atoms with Crippen molar-refractivity contribution in [2.24, 2.45) is 5.92 Å². The Labute approximate surface area is 134 Å². The number of anilines is 1. The van der Waals surface area contributed by atoms with Gasteiger partial charge in [0, 0.05) is 24.0 Å². The van der Waals surface area contributed by atoms with Gasteiger partial charge in [-0.2, -0.15) is 0 Å². The number of hydrogen-bond acceptors (Lipinski definition) is 3. The highest BCUT2D eigenvalue weighted by molar-refractivity contribution is 5.89. The molecule has 2 aliphatic rings. The van der Waals surface area contributed by atoms with Crippen LogP contribution in [0.4, 0.5) is 10.7 Å². The van der Waals surface area contributed by atoms with E-state index >= 15 is 0 Å². The number of imidazole rings is 1. The molecule has 6 heteroatoms. The predicted molar refractivity (Wildman–Crippen MR) is 86.6 cm³/mol. The molecule has 0 spiro atoms. The van der Waals surface area contributed by atoms with Crippen LogP contribution in [0.1, 0.15) is 20.3 Å². The fourth-order valence-corrected chi connectivity index (χ4v) is 3.54. The summed E-state index contributed by atoms with van der Waals surface area (Å²) in [5.74, 6) is 0.913. The molecule has 1 saturated carbocycles. The minimum atomic E-state index is -0.330. The first-order valence-electron chi connectivity index (χ1n) is 7.84. The van der Waals surface area contributed by atoms with Crippen LogP contribution in [0.5, 0.6) is 0 Å². The summed E-state index contributed by atoms with van der Waals surface area (Å²) in [6, 6.07) is 9.54. The Morgan fingerprint density at radius 1 is 1.35 bits per heavy atom. The van der Waals surface area contributed by atoms with Crippen LogP contribution in [0.15, 0.2) is 42.7 Å². The normalized spacial score (nSPS) is 27.3. The second kappa shape index (κ2) is 4.83. The highest BCUT2D eigenvalue weighted by Crippen LogP contribution is 2.57. The molecule has 2 atom stereocenters. The zero-order valence-corrected chi connectivity index (χ0v) is 13.2. The first kappa shape index (κ1) is 14.3. The fraction of sp³-hybridized carbons (Fsp3) is 0.412. The van der Waals surface area contributed by atoms with Crippen LogP contribution >= 0.6 is 0 Å². The van der Waals surface area contributed by atoms with Gasteiger partial charge in [0.1, 0.15) is 0 Å². The topological polar surface area (TPSA) is 68.2 Å². The number of fused-ring (bicyclic) bond motifs is 1. The van der Waals surface area contributed by atoms with Crippen molar-refractivity contribution in [2.75, 3.05) is 11.9 Å². The van der Waals surface area contributed by atoms with Crippen molar-refractivity contribution in [3.05, 3.63) is 42.7 Å². The van der Waals surface area contributed by atoms with Gasteiger partial charge < -0.3 is 10.1 Å². The number of ether oxygens (including phenoxy) is 1. The molecule has 1 aliphatic heterocycles. The number of amides is 2. The number of aromatic nitrogens is 2. The Morgan fingerprint density at radius 2 is 2.13 bits per heavy atom. The zero-order chi connectivity index (χ0) is 16.1. The summed E-state index contributed by atoms with van der Waals surface area (Å²) in [5.41, 5.74) is 0.373. The molecule has 120 valence electrons. The van der Waals surface area contributed by atoms with Crippen molar-refractivity contribution in [3.63, 3.8) is 0 Å². The summed E-state index contributed by atoms with van der Waals surface area (Å²) in [6.45, 7) is 4.78. The molecule has 2 N–H and O–H groups in total. The number of benzene rings is 1. The lowest BCUT2D eigenvalue weighted by Gasteiger charge is -2.31. The summed E-state index contributed by atoms with van der Waals surface area (Å²) < 4.78 is 7.62. The fourth-order valence-electron chi connectivity index (χ4n) is 3.54. The van der Waals surface area contributed by atoms with E-state index in [-0.39, 0.29) is 17.2 Å². The van der Waals surface area contributed by atoms with E-state index in [4.69, 9.17) is 4.74 Å². The van der Waals surface area contributed by atoms with Crippen LogP contribution in [0.25, 0.3) is 5.69 Å². The first-order valence-corrected chi connectivity index (χ1v) is 7.84. The van der Waals surface area contributed by atoms with Gasteiger partial charge in [0.2, 0.25) is 5.95 Å². The van der Waals surface area contributed by atoms with E-state index in [1.807, 2.05) is 54.9 Å². The zero-order valence-electron chi connectivity index (χ0n) is 13.2. The summed E-state index contributed by atoms with van der Waals surface area (Å²) in [5, 5.41) is 5.96. The SMILES string of the molecule is CC1(C)OCC2CC21NC(=O)Nc1nccn1-c1ccccc1. The highest BCUT2D eigenvalue weighted by atomic mass is 16.5. The molecule has 0 bridgehead atoms. The van der Waals surface area contributed by atoms with E-state index in [0.29, 0.717) is 18.5 Å². The summed E-state index contributed by atoms with van der Waals surface area (Å²) in [6.07, 6.45) is 4.47. The predicted octanol–water partition coefficient (Wildman–Crippen LogP) is 2.56. The van der Waals surface area contributed by atoms with Gasteiger partial charge in [0.25, 0.3) is 0 Å². The average molecular weight is 312 g/mol. The molecule has 2 aromatic rings. The van der Waals surface area contributed by atoms with Crippen LogP contribution in [0.3, 0.4) is 0 Å². The average Bonchev–Trinajstić information content (AvgIpc) is 2.94. The second-order valence-electron chi connectivity index (χ2n) is 6.73. The Balaban J connectivity index is 1.50. The van der Waals surface area contributed by atoms with Crippen LogP contribution in [0.2, 0.25) is 0 Å². The Kier molecular flexibility index (Phi) is 2.99. The Hall–Kier alpha value is -2.34.